The zero-order chi connectivity index (χ0) is 9.54. The third-order valence-corrected chi connectivity index (χ3v) is 2.51. The molecule has 0 atom stereocenters. The Kier molecular flexibility index (Phi) is 1.37. The molecule has 64 valence electrons. The van der Waals surface area contributed by atoms with Gasteiger partial charge in [-0.1, -0.05) is 24.3 Å². The quantitative estimate of drug-likeness (QED) is 0.517. The van der Waals surface area contributed by atoms with Crippen LogP contribution in [0.15, 0.2) is 36.4 Å². The monoisotopic (exact) mass is 178 g/mol. The Balaban J connectivity index is 2.42. The first-order chi connectivity index (χ1) is 6.88. The highest BCUT2D eigenvalue weighted by molar-refractivity contribution is 6.21. The van der Waals surface area contributed by atoms with E-state index in [2.05, 4.69) is 12.1 Å². The van der Waals surface area contributed by atoms with Gasteiger partial charge >= 0.3 is 0 Å². The fraction of sp³-hybridized carbons (Fsp3) is 0. The van der Waals surface area contributed by atoms with Crippen molar-refractivity contribution in [1.29, 1.82) is 0 Å². The number of carbonyl (C=O) groups excluding carboxylic acids is 1. The SMILES string of the molecule is O=C1c2c[c]ccc2-c2cc[c]cc21. The van der Waals surface area contributed by atoms with Gasteiger partial charge in [0.05, 0.1) is 0 Å². The minimum Gasteiger partial charge on any atom is -0.289 e. The maximum atomic E-state index is 11.8. The van der Waals surface area contributed by atoms with E-state index in [9.17, 15) is 4.79 Å². The highest BCUT2D eigenvalue weighted by Crippen LogP contribution is 2.35. The minimum atomic E-state index is 0.0868. The van der Waals surface area contributed by atoms with Gasteiger partial charge in [0.15, 0.2) is 5.78 Å². The van der Waals surface area contributed by atoms with Crippen LogP contribution < -0.4 is 0 Å². The van der Waals surface area contributed by atoms with Crippen molar-refractivity contribution in [3.8, 4) is 11.1 Å². The molecular weight excluding hydrogens is 172 g/mol. The lowest BCUT2D eigenvalue weighted by atomic mass is 10.1. The van der Waals surface area contributed by atoms with E-state index in [1.807, 2.05) is 24.3 Å². The number of ketones is 1. The summed E-state index contributed by atoms with van der Waals surface area (Å²) in [5, 5.41) is 0. The van der Waals surface area contributed by atoms with Gasteiger partial charge in [-0.05, 0) is 35.4 Å². The summed E-state index contributed by atoms with van der Waals surface area (Å²) in [6.45, 7) is 0. The summed E-state index contributed by atoms with van der Waals surface area (Å²) in [5.74, 6) is 0.0868. The highest BCUT2D eigenvalue weighted by Gasteiger charge is 2.24. The molecule has 0 aliphatic heterocycles. The molecule has 2 aromatic rings. The second kappa shape index (κ2) is 2.55. The van der Waals surface area contributed by atoms with E-state index in [1.54, 1.807) is 12.1 Å². The van der Waals surface area contributed by atoms with Gasteiger partial charge in [-0.2, -0.15) is 0 Å². The number of benzene rings is 2. The summed E-state index contributed by atoms with van der Waals surface area (Å²) in [5.41, 5.74) is 3.53. The molecule has 0 unspecified atom stereocenters. The average molecular weight is 178 g/mol. The maximum absolute atomic E-state index is 11.8. The number of hydrogen-bond donors (Lipinski definition) is 0. The lowest BCUT2D eigenvalue weighted by Crippen LogP contribution is -1.93. The van der Waals surface area contributed by atoms with Crippen LogP contribution in [0.2, 0.25) is 0 Å². The van der Waals surface area contributed by atoms with Crippen molar-refractivity contribution in [2.45, 2.75) is 0 Å². The van der Waals surface area contributed by atoms with Gasteiger partial charge in [0.2, 0.25) is 0 Å². The average Bonchev–Trinajstić information content (AvgIpc) is 2.55. The first-order valence-electron chi connectivity index (χ1n) is 4.43. The van der Waals surface area contributed by atoms with Crippen LogP contribution in [0.1, 0.15) is 15.9 Å². The summed E-state index contributed by atoms with van der Waals surface area (Å²) in [6, 6.07) is 16.9. The molecule has 2 aromatic carbocycles. The Labute approximate surface area is 82.0 Å². The van der Waals surface area contributed by atoms with E-state index in [4.69, 9.17) is 0 Å². The van der Waals surface area contributed by atoms with Crippen LogP contribution in [-0.4, -0.2) is 5.78 Å². The van der Waals surface area contributed by atoms with Crippen LogP contribution in [0, 0.1) is 12.1 Å². The third kappa shape index (κ3) is 0.814. The molecule has 0 spiro atoms. The fourth-order valence-electron chi connectivity index (χ4n) is 1.85. The van der Waals surface area contributed by atoms with Gasteiger partial charge in [0.1, 0.15) is 0 Å². The minimum absolute atomic E-state index is 0.0868. The summed E-state index contributed by atoms with van der Waals surface area (Å²) in [4.78, 5) is 11.8. The molecule has 0 bridgehead atoms. The zero-order valence-corrected chi connectivity index (χ0v) is 7.37. The zero-order valence-electron chi connectivity index (χ0n) is 7.37. The number of hydrogen-bond acceptors (Lipinski definition) is 1. The molecule has 0 saturated heterocycles. The number of carbonyl (C=O) groups is 1. The molecule has 2 radical (unpaired) electrons. The van der Waals surface area contributed by atoms with Gasteiger partial charge in [0.25, 0.3) is 0 Å². The topological polar surface area (TPSA) is 17.1 Å². The number of fused-ring (bicyclic) bond motifs is 3. The third-order valence-electron chi connectivity index (χ3n) is 2.51. The Morgan fingerprint density at radius 2 is 1.29 bits per heavy atom. The van der Waals surface area contributed by atoms with Crippen molar-refractivity contribution in [1.82, 2.24) is 0 Å². The predicted octanol–water partition coefficient (Wildman–Crippen LogP) is 2.50. The van der Waals surface area contributed by atoms with Crippen molar-refractivity contribution in [3.63, 3.8) is 0 Å². The molecule has 0 amide bonds. The molecule has 0 aromatic heterocycles. The molecule has 0 N–H and O–H groups in total. The Morgan fingerprint density at radius 1 is 0.786 bits per heavy atom. The summed E-state index contributed by atoms with van der Waals surface area (Å²) in [6.07, 6.45) is 0. The molecule has 3 rings (SSSR count). The predicted molar refractivity (Wildman–Crippen MR) is 53.0 cm³/mol. The molecule has 14 heavy (non-hydrogen) atoms. The lowest BCUT2D eigenvalue weighted by molar-refractivity contribution is 0.104. The van der Waals surface area contributed by atoms with Crippen LogP contribution in [0.25, 0.3) is 11.1 Å². The second-order valence-corrected chi connectivity index (χ2v) is 3.27. The highest BCUT2D eigenvalue weighted by atomic mass is 16.1. The molecule has 0 heterocycles. The molecule has 0 fully saturated rings. The lowest BCUT2D eigenvalue weighted by Gasteiger charge is -1.96. The molecular formula is C13H6O. The maximum Gasteiger partial charge on any atom is 0.194 e. The van der Waals surface area contributed by atoms with Crippen molar-refractivity contribution in [3.05, 3.63) is 59.7 Å². The number of rotatable bonds is 0. The van der Waals surface area contributed by atoms with E-state index in [1.165, 1.54) is 0 Å². The smallest absolute Gasteiger partial charge is 0.194 e. The van der Waals surface area contributed by atoms with Crippen molar-refractivity contribution in [2.75, 3.05) is 0 Å². The first kappa shape index (κ1) is 7.51. The van der Waals surface area contributed by atoms with E-state index in [0.717, 1.165) is 22.3 Å². The van der Waals surface area contributed by atoms with Crippen molar-refractivity contribution >= 4 is 5.78 Å². The van der Waals surface area contributed by atoms with Crippen LogP contribution >= 0.6 is 0 Å². The van der Waals surface area contributed by atoms with E-state index in [-0.39, 0.29) is 5.78 Å². The normalized spacial score (nSPS) is 12.4. The largest absolute Gasteiger partial charge is 0.289 e. The van der Waals surface area contributed by atoms with E-state index < -0.39 is 0 Å². The van der Waals surface area contributed by atoms with Gasteiger partial charge in [-0.25, -0.2) is 0 Å². The second-order valence-electron chi connectivity index (χ2n) is 3.27. The molecule has 0 saturated carbocycles. The Morgan fingerprint density at radius 3 is 1.79 bits per heavy atom. The summed E-state index contributed by atoms with van der Waals surface area (Å²) < 4.78 is 0. The molecule has 1 aliphatic rings. The van der Waals surface area contributed by atoms with Crippen molar-refractivity contribution in [2.24, 2.45) is 0 Å². The standard InChI is InChI=1S/C13H6O/c14-13-11-7-3-1-5-9(11)10-6-2-4-8-12(10)13/h1-2,5-8H. The van der Waals surface area contributed by atoms with E-state index in [0.29, 0.717) is 0 Å². The molecule has 1 heteroatoms. The van der Waals surface area contributed by atoms with Crippen LogP contribution in [-0.2, 0) is 0 Å². The Hall–Kier alpha value is -1.89. The Bertz CT molecular complexity index is 479. The van der Waals surface area contributed by atoms with E-state index >= 15 is 0 Å². The van der Waals surface area contributed by atoms with Crippen LogP contribution in [0.4, 0.5) is 0 Å². The first-order valence-corrected chi connectivity index (χ1v) is 4.43. The van der Waals surface area contributed by atoms with Gasteiger partial charge < -0.3 is 0 Å². The van der Waals surface area contributed by atoms with Crippen LogP contribution in [0.5, 0.6) is 0 Å². The van der Waals surface area contributed by atoms with Gasteiger partial charge in [-0.3, -0.25) is 4.79 Å². The molecule has 1 nitrogen and oxygen atoms in total. The van der Waals surface area contributed by atoms with Crippen LogP contribution in [0.3, 0.4) is 0 Å². The van der Waals surface area contributed by atoms with Gasteiger partial charge in [-0.15, -0.1) is 0 Å². The summed E-state index contributed by atoms with van der Waals surface area (Å²) >= 11 is 0. The fourth-order valence-corrected chi connectivity index (χ4v) is 1.85. The van der Waals surface area contributed by atoms with Crippen molar-refractivity contribution < 1.29 is 4.79 Å². The molecule has 1 aliphatic carbocycles. The summed E-state index contributed by atoms with van der Waals surface area (Å²) in [7, 11) is 0. The van der Waals surface area contributed by atoms with Gasteiger partial charge in [0, 0.05) is 11.1 Å².